The third-order valence-electron chi connectivity index (χ3n) is 6.03. The standard InChI is InChI=1S/C27H31N3O2/c31-27(30-25-8-4-7-24(20-25)23-10-14-28-15-11-23)26(19-22-5-2-1-3-6-22)29-16-9-21-12-17-32-18-13-21/h1-8,10-11,14-15,20-21,26,29H,9,12-13,16-19H2,(H,30,31). The summed E-state index contributed by atoms with van der Waals surface area (Å²) in [5, 5.41) is 6.64. The maximum Gasteiger partial charge on any atom is 0.241 e. The van der Waals surface area contributed by atoms with Crippen LogP contribution in [0.2, 0.25) is 0 Å². The van der Waals surface area contributed by atoms with Gasteiger partial charge in [-0.3, -0.25) is 9.78 Å². The molecule has 0 spiro atoms. The number of ether oxygens (including phenoxy) is 1. The number of aromatic nitrogens is 1. The second-order valence-corrected chi connectivity index (χ2v) is 8.35. The quantitative estimate of drug-likeness (QED) is 0.517. The van der Waals surface area contributed by atoms with E-state index in [1.54, 1.807) is 12.4 Å². The van der Waals surface area contributed by atoms with Gasteiger partial charge in [0.1, 0.15) is 0 Å². The smallest absolute Gasteiger partial charge is 0.241 e. The van der Waals surface area contributed by atoms with Crippen molar-refractivity contribution in [3.63, 3.8) is 0 Å². The van der Waals surface area contributed by atoms with Crippen LogP contribution in [0.3, 0.4) is 0 Å². The molecule has 1 aliphatic rings. The van der Waals surface area contributed by atoms with Crippen molar-refractivity contribution in [1.29, 1.82) is 0 Å². The van der Waals surface area contributed by atoms with Gasteiger partial charge in [-0.2, -0.15) is 0 Å². The summed E-state index contributed by atoms with van der Waals surface area (Å²) in [6, 6.07) is 21.8. The first kappa shape index (κ1) is 22.2. The van der Waals surface area contributed by atoms with Crippen LogP contribution in [0.4, 0.5) is 5.69 Å². The summed E-state index contributed by atoms with van der Waals surface area (Å²) in [6.07, 6.45) is 7.50. The lowest BCUT2D eigenvalue weighted by molar-refractivity contribution is -0.118. The van der Waals surface area contributed by atoms with Crippen LogP contribution in [-0.2, 0) is 16.0 Å². The van der Waals surface area contributed by atoms with E-state index in [0.29, 0.717) is 12.3 Å². The van der Waals surface area contributed by atoms with Gasteiger partial charge in [-0.05, 0) is 79.1 Å². The largest absolute Gasteiger partial charge is 0.381 e. The van der Waals surface area contributed by atoms with Crippen LogP contribution in [0.5, 0.6) is 0 Å². The first-order chi connectivity index (χ1) is 15.8. The lowest BCUT2D eigenvalue weighted by Crippen LogP contribution is -2.43. The van der Waals surface area contributed by atoms with Gasteiger partial charge in [0.2, 0.25) is 5.91 Å². The van der Waals surface area contributed by atoms with Crippen LogP contribution in [-0.4, -0.2) is 36.7 Å². The average Bonchev–Trinajstić information content (AvgIpc) is 2.85. The molecule has 4 rings (SSSR count). The van der Waals surface area contributed by atoms with Gasteiger partial charge in [-0.25, -0.2) is 0 Å². The average molecular weight is 430 g/mol. The Labute approximate surface area is 190 Å². The van der Waals surface area contributed by atoms with Crippen LogP contribution in [0.25, 0.3) is 11.1 Å². The molecule has 1 aliphatic heterocycles. The van der Waals surface area contributed by atoms with Gasteiger partial charge in [-0.15, -0.1) is 0 Å². The zero-order chi connectivity index (χ0) is 22.0. The van der Waals surface area contributed by atoms with E-state index in [4.69, 9.17) is 4.74 Å². The Bertz CT molecular complexity index is 972. The fraction of sp³-hybridized carbons (Fsp3) is 0.333. The minimum atomic E-state index is -0.290. The van der Waals surface area contributed by atoms with Crippen LogP contribution < -0.4 is 10.6 Å². The number of nitrogens with zero attached hydrogens (tertiary/aromatic N) is 1. The van der Waals surface area contributed by atoms with E-state index in [1.165, 1.54) is 0 Å². The molecule has 0 radical (unpaired) electrons. The topological polar surface area (TPSA) is 63.2 Å². The predicted molar refractivity (Wildman–Crippen MR) is 128 cm³/mol. The van der Waals surface area contributed by atoms with E-state index in [1.807, 2.05) is 54.6 Å². The molecule has 0 aliphatic carbocycles. The molecule has 1 amide bonds. The highest BCUT2D eigenvalue weighted by molar-refractivity contribution is 5.95. The highest BCUT2D eigenvalue weighted by Crippen LogP contribution is 2.22. The highest BCUT2D eigenvalue weighted by atomic mass is 16.5. The summed E-state index contributed by atoms with van der Waals surface area (Å²) < 4.78 is 5.46. The van der Waals surface area contributed by atoms with Gasteiger partial charge in [-0.1, -0.05) is 42.5 Å². The lowest BCUT2D eigenvalue weighted by Gasteiger charge is -2.24. The molecule has 1 fully saturated rings. The fourth-order valence-corrected chi connectivity index (χ4v) is 4.15. The van der Waals surface area contributed by atoms with Crippen LogP contribution >= 0.6 is 0 Å². The molecule has 0 bridgehead atoms. The van der Waals surface area contributed by atoms with E-state index in [9.17, 15) is 4.79 Å². The maximum absolute atomic E-state index is 13.2. The number of anilines is 1. The number of carbonyl (C=O) groups is 1. The molecule has 166 valence electrons. The number of pyridine rings is 1. The Morgan fingerprint density at radius 2 is 1.75 bits per heavy atom. The fourth-order valence-electron chi connectivity index (χ4n) is 4.15. The number of nitrogens with one attached hydrogen (secondary N) is 2. The summed E-state index contributed by atoms with van der Waals surface area (Å²) in [5.74, 6) is 0.668. The number of carbonyl (C=O) groups excluding carboxylic acids is 1. The zero-order valence-corrected chi connectivity index (χ0v) is 18.4. The molecular formula is C27H31N3O2. The summed E-state index contributed by atoms with van der Waals surface area (Å²) in [7, 11) is 0. The molecule has 2 aromatic carbocycles. The molecule has 2 N–H and O–H groups in total. The zero-order valence-electron chi connectivity index (χ0n) is 18.4. The number of rotatable bonds is 9. The van der Waals surface area contributed by atoms with Crippen molar-refractivity contribution in [2.75, 3.05) is 25.1 Å². The molecule has 5 nitrogen and oxygen atoms in total. The third-order valence-corrected chi connectivity index (χ3v) is 6.03. The van der Waals surface area contributed by atoms with Gasteiger partial charge in [0.05, 0.1) is 6.04 Å². The highest BCUT2D eigenvalue weighted by Gasteiger charge is 2.20. The second-order valence-electron chi connectivity index (χ2n) is 8.35. The monoisotopic (exact) mass is 429 g/mol. The van der Waals surface area contributed by atoms with Crippen LogP contribution in [0.1, 0.15) is 24.8 Å². The molecule has 32 heavy (non-hydrogen) atoms. The molecule has 1 saturated heterocycles. The van der Waals surface area contributed by atoms with Crippen LogP contribution in [0.15, 0.2) is 79.1 Å². The number of hydrogen-bond acceptors (Lipinski definition) is 4. The van der Waals surface area contributed by atoms with E-state index < -0.39 is 0 Å². The van der Waals surface area contributed by atoms with Crippen molar-refractivity contribution in [2.45, 2.75) is 31.7 Å². The van der Waals surface area contributed by atoms with Gasteiger partial charge in [0, 0.05) is 31.3 Å². The normalized spacial score (nSPS) is 15.2. The number of benzene rings is 2. The number of hydrogen-bond donors (Lipinski definition) is 2. The molecule has 1 aromatic heterocycles. The maximum atomic E-state index is 13.2. The number of amides is 1. The molecule has 2 heterocycles. The Morgan fingerprint density at radius 1 is 0.969 bits per heavy atom. The molecule has 1 unspecified atom stereocenters. The minimum Gasteiger partial charge on any atom is -0.381 e. The first-order valence-electron chi connectivity index (χ1n) is 11.4. The van der Waals surface area contributed by atoms with Crippen molar-refractivity contribution in [3.05, 3.63) is 84.7 Å². The van der Waals surface area contributed by atoms with E-state index in [0.717, 1.165) is 61.4 Å². The SMILES string of the molecule is O=C(Nc1cccc(-c2ccncc2)c1)C(Cc1ccccc1)NCCC1CCOCC1. The van der Waals surface area contributed by atoms with Crippen molar-refractivity contribution in [1.82, 2.24) is 10.3 Å². The van der Waals surface area contributed by atoms with E-state index >= 15 is 0 Å². The second kappa shape index (κ2) is 11.6. The first-order valence-corrected chi connectivity index (χ1v) is 11.4. The summed E-state index contributed by atoms with van der Waals surface area (Å²) >= 11 is 0. The molecule has 5 heteroatoms. The summed E-state index contributed by atoms with van der Waals surface area (Å²) in [5.41, 5.74) is 4.08. The van der Waals surface area contributed by atoms with Crippen molar-refractivity contribution in [3.8, 4) is 11.1 Å². The third kappa shape index (κ3) is 6.49. The Kier molecular flexibility index (Phi) is 8.01. The minimum absolute atomic E-state index is 0.00675. The van der Waals surface area contributed by atoms with Gasteiger partial charge >= 0.3 is 0 Å². The van der Waals surface area contributed by atoms with Gasteiger partial charge in [0.15, 0.2) is 0 Å². The lowest BCUT2D eigenvalue weighted by atomic mass is 9.96. The van der Waals surface area contributed by atoms with Crippen molar-refractivity contribution in [2.24, 2.45) is 5.92 Å². The Hall–Kier alpha value is -3.02. The van der Waals surface area contributed by atoms with Gasteiger partial charge < -0.3 is 15.4 Å². The van der Waals surface area contributed by atoms with E-state index in [2.05, 4.69) is 27.8 Å². The Balaban J connectivity index is 1.42. The predicted octanol–water partition coefficient (Wildman–Crippen LogP) is 4.70. The molecule has 3 aromatic rings. The van der Waals surface area contributed by atoms with Crippen LogP contribution in [0, 0.1) is 5.92 Å². The summed E-state index contributed by atoms with van der Waals surface area (Å²) in [4.78, 5) is 17.3. The van der Waals surface area contributed by atoms with Gasteiger partial charge in [0.25, 0.3) is 0 Å². The van der Waals surface area contributed by atoms with Crippen molar-refractivity contribution >= 4 is 11.6 Å². The summed E-state index contributed by atoms with van der Waals surface area (Å²) in [6.45, 7) is 2.53. The Morgan fingerprint density at radius 3 is 2.53 bits per heavy atom. The molecule has 1 atom stereocenters. The van der Waals surface area contributed by atoms with Crippen molar-refractivity contribution < 1.29 is 9.53 Å². The molecular weight excluding hydrogens is 398 g/mol. The van der Waals surface area contributed by atoms with E-state index in [-0.39, 0.29) is 11.9 Å². The molecule has 0 saturated carbocycles.